The fourth-order valence-corrected chi connectivity index (χ4v) is 5.81. The molecular formula is C25H27N5O3S. The predicted octanol–water partition coefficient (Wildman–Crippen LogP) is 4.27. The number of anilines is 1. The van der Waals surface area contributed by atoms with Gasteiger partial charge in [-0.15, -0.1) is 11.3 Å². The molecule has 0 fully saturated rings. The van der Waals surface area contributed by atoms with E-state index in [9.17, 15) is 9.59 Å². The molecule has 34 heavy (non-hydrogen) atoms. The third kappa shape index (κ3) is 4.16. The first-order valence-corrected chi connectivity index (χ1v) is 12.5. The maximum atomic E-state index is 13.0. The largest absolute Gasteiger partial charge is 0.453 e. The van der Waals surface area contributed by atoms with Crippen LogP contribution in [0.1, 0.15) is 59.9 Å². The normalized spacial score (nSPS) is 13.9. The molecule has 0 atom stereocenters. The van der Waals surface area contributed by atoms with E-state index in [0.29, 0.717) is 29.0 Å². The van der Waals surface area contributed by atoms with Crippen LogP contribution >= 0.6 is 11.3 Å². The Balaban J connectivity index is 1.44. The Bertz CT molecular complexity index is 1460. The van der Waals surface area contributed by atoms with Crippen molar-refractivity contribution in [2.24, 2.45) is 5.92 Å². The van der Waals surface area contributed by atoms with E-state index in [-0.39, 0.29) is 23.8 Å². The maximum Gasteiger partial charge on any atom is 0.359 e. The van der Waals surface area contributed by atoms with E-state index in [1.807, 2.05) is 13.8 Å². The molecule has 1 aromatic carbocycles. The molecule has 0 saturated carbocycles. The SMILES string of the molecule is CC(C)Cn1nc(C(=O)OCc2nc(N)c3c4c(sc3n2)CCCCC4)c2ccccc2c1=O. The Labute approximate surface area is 200 Å². The van der Waals surface area contributed by atoms with Crippen LogP contribution in [-0.4, -0.2) is 25.7 Å². The Kier molecular flexibility index (Phi) is 6.03. The molecule has 2 N–H and O–H groups in total. The fourth-order valence-electron chi connectivity index (χ4n) is 4.53. The number of benzene rings is 1. The number of aromatic nitrogens is 4. The van der Waals surface area contributed by atoms with E-state index in [1.54, 1.807) is 35.6 Å². The Morgan fingerprint density at radius 2 is 1.91 bits per heavy atom. The fraction of sp³-hybridized carbons (Fsp3) is 0.400. The zero-order valence-electron chi connectivity index (χ0n) is 19.3. The number of ether oxygens (including phenoxy) is 1. The summed E-state index contributed by atoms with van der Waals surface area (Å²) in [6, 6.07) is 6.95. The summed E-state index contributed by atoms with van der Waals surface area (Å²) in [7, 11) is 0. The monoisotopic (exact) mass is 477 g/mol. The molecule has 9 heteroatoms. The number of nitrogens with two attached hydrogens (primary N) is 1. The number of thiophene rings is 1. The van der Waals surface area contributed by atoms with Crippen molar-refractivity contribution in [1.29, 1.82) is 0 Å². The van der Waals surface area contributed by atoms with Gasteiger partial charge in [-0.1, -0.05) is 38.5 Å². The molecule has 3 heterocycles. The summed E-state index contributed by atoms with van der Waals surface area (Å²) < 4.78 is 6.89. The molecule has 1 aliphatic rings. The summed E-state index contributed by atoms with van der Waals surface area (Å²) in [6.45, 7) is 4.26. The number of hydrogen-bond donors (Lipinski definition) is 1. The van der Waals surface area contributed by atoms with Crippen LogP contribution in [0, 0.1) is 5.92 Å². The highest BCUT2D eigenvalue weighted by Gasteiger charge is 2.21. The lowest BCUT2D eigenvalue weighted by atomic mass is 10.1. The van der Waals surface area contributed by atoms with Crippen molar-refractivity contribution < 1.29 is 9.53 Å². The molecule has 5 rings (SSSR count). The van der Waals surface area contributed by atoms with Gasteiger partial charge in [0.05, 0.1) is 10.8 Å². The van der Waals surface area contributed by atoms with Crippen molar-refractivity contribution in [3.63, 3.8) is 0 Å². The molecule has 4 aromatic rings. The second-order valence-corrected chi connectivity index (χ2v) is 10.2. The van der Waals surface area contributed by atoms with Gasteiger partial charge in [0, 0.05) is 16.8 Å². The second-order valence-electron chi connectivity index (χ2n) is 9.12. The van der Waals surface area contributed by atoms with Gasteiger partial charge < -0.3 is 10.5 Å². The van der Waals surface area contributed by atoms with Gasteiger partial charge in [0.1, 0.15) is 10.6 Å². The molecular weight excluding hydrogens is 450 g/mol. The van der Waals surface area contributed by atoms with Crippen LogP contribution < -0.4 is 11.3 Å². The predicted molar refractivity (Wildman–Crippen MR) is 133 cm³/mol. The smallest absolute Gasteiger partial charge is 0.359 e. The number of nitrogen functional groups attached to an aromatic ring is 1. The Morgan fingerprint density at radius 3 is 2.71 bits per heavy atom. The highest BCUT2D eigenvalue weighted by Crippen LogP contribution is 2.37. The maximum absolute atomic E-state index is 13.0. The van der Waals surface area contributed by atoms with Crippen LogP contribution in [0.4, 0.5) is 5.82 Å². The molecule has 0 bridgehead atoms. The standard InChI is InChI=1S/C25H27N5O3S/c1-14(2)12-30-24(31)16-9-7-6-8-15(16)21(29-30)25(32)33-13-19-27-22(26)20-17-10-4-3-5-11-18(17)34-23(20)28-19/h6-9,14H,3-5,10-13H2,1-2H3,(H2,26,27,28). The van der Waals surface area contributed by atoms with E-state index >= 15 is 0 Å². The molecule has 0 unspecified atom stereocenters. The van der Waals surface area contributed by atoms with Gasteiger partial charge in [-0.05, 0) is 43.2 Å². The summed E-state index contributed by atoms with van der Waals surface area (Å²) in [4.78, 5) is 37.1. The van der Waals surface area contributed by atoms with Crippen molar-refractivity contribution in [3.05, 3.63) is 56.6 Å². The van der Waals surface area contributed by atoms with Crippen molar-refractivity contribution in [2.45, 2.75) is 59.1 Å². The Morgan fingerprint density at radius 1 is 1.15 bits per heavy atom. The average Bonchev–Trinajstić information content (AvgIpc) is 3.01. The minimum absolute atomic E-state index is 0.104. The number of nitrogens with zero attached hydrogens (tertiary/aromatic N) is 4. The van der Waals surface area contributed by atoms with Crippen LogP contribution in [0.25, 0.3) is 21.0 Å². The molecule has 3 aromatic heterocycles. The highest BCUT2D eigenvalue weighted by molar-refractivity contribution is 7.19. The molecule has 8 nitrogen and oxygen atoms in total. The zero-order chi connectivity index (χ0) is 23.8. The van der Waals surface area contributed by atoms with E-state index in [0.717, 1.165) is 29.5 Å². The third-order valence-electron chi connectivity index (χ3n) is 6.07. The molecule has 176 valence electrons. The average molecular weight is 478 g/mol. The number of carbonyl (C=O) groups is 1. The van der Waals surface area contributed by atoms with Gasteiger partial charge in [-0.25, -0.2) is 19.4 Å². The van der Waals surface area contributed by atoms with Crippen LogP contribution in [-0.2, 0) is 30.7 Å². The number of fused-ring (bicyclic) bond motifs is 4. The van der Waals surface area contributed by atoms with Gasteiger partial charge >= 0.3 is 5.97 Å². The molecule has 0 radical (unpaired) electrons. The van der Waals surface area contributed by atoms with Crippen molar-refractivity contribution in [3.8, 4) is 0 Å². The minimum atomic E-state index is -0.627. The lowest BCUT2D eigenvalue weighted by molar-refractivity contribution is 0.0455. The molecule has 1 aliphatic carbocycles. The zero-order valence-corrected chi connectivity index (χ0v) is 20.2. The number of hydrogen-bond acceptors (Lipinski definition) is 8. The van der Waals surface area contributed by atoms with E-state index in [2.05, 4.69) is 15.1 Å². The van der Waals surface area contributed by atoms with Crippen molar-refractivity contribution in [1.82, 2.24) is 19.7 Å². The summed E-state index contributed by atoms with van der Waals surface area (Å²) in [6.07, 6.45) is 5.60. The van der Waals surface area contributed by atoms with E-state index in [1.165, 1.54) is 28.0 Å². The first-order valence-electron chi connectivity index (χ1n) is 11.7. The molecule has 0 spiro atoms. The summed E-state index contributed by atoms with van der Waals surface area (Å²) in [5.74, 6) is 0.358. The lowest BCUT2D eigenvalue weighted by Gasteiger charge is -2.12. The molecule has 0 saturated heterocycles. The number of esters is 1. The van der Waals surface area contributed by atoms with Gasteiger partial charge in [0.15, 0.2) is 18.1 Å². The topological polar surface area (TPSA) is 113 Å². The van der Waals surface area contributed by atoms with E-state index < -0.39 is 5.97 Å². The lowest BCUT2D eigenvalue weighted by Crippen LogP contribution is -2.28. The first kappa shape index (κ1) is 22.5. The molecule has 0 aliphatic heterocycles. The van der Waals surface area contributed by atoms with Gasteiger partial charge in [-0.2, -0.15) is 5.10 Å². The van der Waals surface area contributed by atoms with Crippen LogP contribution in [0.2, 0.25) is 0 Å². The number of rotatable bonds is 5. The van der Waals surface area contributed by atoms with Crippen LogP contribution in [0.5, 0.6) is 0 Å². The Hall–Kier alpha value is -3.33. The third-order valence-corrected chi connectivity index (χ3v) is 7.26. The summed E-state index contributed by atoms with van der Waals surface area (Å²) in [5.41, 5.74) is 7.48. The molecule has 0 amide bonds. The van der Waals surface area contributed by atoms with Crippen molar-refractivity contribution in [2.75, 3.05) is 5.73 Å². The minimum Gasteiger partial charge on any atom is -0.453 e. The van der Waals surface area contributed by atoms with Crippen LogP contribution in [0.15, 0.2) is 29.1 Å². The van der Waals surface area contributed by atoms with Gasteiger partial charge in [0.2, 0.25) is 0 Å². The van der Waals surface area contributed by atoms with E-state index in [4.69, 9.17) is 10.5 Å². The van der Waals surface area contributed by atoms with Crippen molar-refractivity contribution >= 4 is 44.1 Å². The number of carbonyl (C=O) groups excluding carboxylic acids is 1. The first-order chi connectivity index (χ1) is 16.4. The summed E-state index contributed by atoms with van der Waals surface area (Å²) >= 11 is 1.66. The quantitative estimate of drug-likeness (QED) is 0.337. The van der Waals surface area contributed by atoms with Gasteiger partial charge in [-0.3, -0.25) is 4.79 Å². The summed E-state index contributed by atoms with van der Waals surface area (Å²) in [5, 5.41) is 6.19. The van der Waals surface area contributed by atoms with Crippen LogP contribution in [0.3, 0.4) is 0 Å². The number of aryl methyl sites for hydroxylation is 2. The second kappa shape index (κ2) is 9.13. The highest BCUT2D eigenvalue weighted by atomic mass is 32.1. The van der Waals surface area contributed by atoms with Gasteiger partial charge in [0.25, 0.3) is 5.56 Å².